The summed E-state index contributed by atoms with van der Waals surface area (Å²) in [7, 11) is -1.20. The van der Waals surface area contributed by atoms with Crippen molar-refractivity contribution in [1.82, 2.24) is 0 Å². The van der Waals surface area contributed by atoms with Crippen LogP contribution in [0, 0.1) is 0 Å². The minimum atomic E-state index is -1.20. The van der Waals surface area contributed by atoms with E-state index in [4.69, 9.17) is 5.11 Å². The first-order valence-corrected chi connectivity index (χ1v) is 8.42. The van der Waals surface area contributed by atoms with Crippen molar-refractivity contribution in [2.45, 2.75) is 19.6 Å². The molecule has 0 unspecified atom stereocenters. The molecule has 0 spiro atoms. The highest BCUT2D eigenvalue weighted by Gasteiger charge is 2.15. The zero-order valence-corrected chi connectivity index (χ0v) is 10.1. The van der Waals surface area contributed by atoms with Crippen LogP contribution in [0.3, 0.4) is 0 Å². The zero-order valence-electron chi connectivity index (χ0n) is 9.12. The Kier molecular flexibility index (Phi) is 3.67. The molecule has 14 heavy (non-hydrogen) atoms. The van der Waals surface area contributed by atoms with Gasteiger partial charge in [0.25, 0.3) is 0 Å². The summed E-state index contributed by atoms with van der Waals surface area (Å²) in [5, 5.41) is 10.1. The van der Waals surface area contributed by atoms with E-state index in [0.29, 0.717) is 0 Å². The summed E-state index contributed by atoms with van der Waals surface area (Å²) in [6.45, 7) is 7.11. The fourth-order valence-corrected chi connectivity index (χ4v) is 2.49. The third kappa shape index (κ3) is 3.12. The SMILES string of the molecule is C[Si](C)(C)c1cccc(C=CCO)c1. The molecule has 76 valence electrons. The monoisotopic (exact) mass is 206 g/mol. The van der Waals surface area contributed by atoms with Crippen molar-refractivity contribution in [3.8, 4) is 0 Å². The van der Waals surface area contributed by atoms with E-state index in [-0.39, 0.29) is 6.61 Å². The van der Waals surface area contributed by atoms with Crippen molar-refractivity contribution in [1.29, 1.82) is 0 Å². The largest absolute Gasteiger partial charge is 0.392 e. The van der Waals surface area contributed by atoms with E-state index in [0.717, 1.165) is 0 Å². The van der Waals surface area contributed by atoms with Crippen LogP contribution in [-0.4, -0.2) is 19.8 Å². The molecule has 0 heterocycles. The quantitative estimate of drug-likeness (QED) is 0.752. The lowest BCUT2D eigenvalue weighted by atomic mass is 10.2. The summed E-state index contributed by atoms with van der Waals surface area (Å²) in [6.07, 6.45) is 3.73. The molecule has 0 fully saturated rings. The lowest BCUT2D eigenvalue weighted by molar-refractivity contribution is 0.343. The van der Waals surface area contributed by atoms with Crippen LogP contribution < -0.4 is 5.19 Å². The topological polar surface area (TPSA) is 20.2 Å². The van der Waals surface area contributed by atoms with Crippen molar-refractivity contribution in [3.05, 3.63) is 35.9 Å². The second kappa shape index (κ2) is 4.58. The van der Waals surface area contributed by atoms with Crippen LogP contribution in [0.4, 0.5) is 0 Å². The number of hydrogen-bond donors (Lipinski definition) is 1. The van der Waals surface area contributed by atoms with Crippen molar-refractivity contribution in [2.75, 3.05) is 6.61 Å². The van der Waals surface area contributed by atoms with Crippen LogP contribution in [0.5, 0.6) is 0 Å². The van der Waals surface area contributed by atoms with Gasteiger partial charge >= 0.3 is 0 Å². The molecule has 0 bridgehead atoms. The predicted octanol–water partition coefficient (Wildman–Crippen LogP) is 2.24. The fourth-order valence-electron chi connectivity index (χ4n) is 1.30. The Morgan fingerprint density at radius 3 is 2.57 bits per heavy atom. The van der Waals surface area contributed by atoms with Crippen LogP contribution in [-0.2, 0) is 0 Å². The summed E-state index contributed by atoms with van der Waals surface area (Å²) < 4.78 is 0. The summed E-state index contributed by atoms with van der Waals surface area (Å²) in [4.78, 5) is 0. The number of aliphatic hydroxyl groups excluding tert-OH is 1. The van der Waals surface area contributed by atoms with E-state index < -0.39 is 8.07 Å². The maximum atomic E-state index is 8.68. The Balaban J connectivity index is 2.96. The molecule has 0 radical (unpaired) electrons. The Hall–Kier alpha value is -0.863. The van der Waals surface area contributed by atoms with Crippen LogP contribution in [0.25, 0.3) is 6.08 Å². The van der Waals surface area contributed by atoms with Gasteiger partial charge in [-0.1, -0.05) is 61.2 Å². The molecule has 1 aromatic carbocycles. The summed E-state index contributed by atoms with van der Waals surface area (Å²) in [5.74, 6) is 0. The molecule has 0 amide bonds. The van der Waals surface area contributed by atoms with E-state index in [2.05, 4.69) is 43.9 Å². The number of hydrogen-bond acceptors (Lipinski definition) is 1. The molecular formula is C12H18OSi. The van der Waals surface area contributed by atoms with Crippen molar-refractivity contribution >= 4 is 19.3 Å². The average Bonchev–Trinajstić information content (AvgIpc) is 2.14. The molecule has 1 rings (SSSR count). The number of aliphatic hydroxyl groups is 1. The van der Waals surface area contributed by atoms with Crippen LogP contribution >= 0.6 is 0 Å². The molecule has 1 aromatic rings. The van der Waals surface area contributed by atoms with Gasteiger partial charge in [-0.05, 0) is 5.56 Å². The van der Waals surface area contributed by atoms with Gasteiger partial charge in [-0.3, -0.25) is 0 Å². The highest BCUT2D eigenvalue weighted by atomic mass is 28.3. The summed E-state index contributed by atoms with van der Waals surface area (Å²) >= 11 is 0. The van der Waals surface area contributed by atoms with Gasteiger partial charge in [0.15, 0.2) is 0 Å². The van der Waals surface area contributed by atoms with Gasteiger partial charge in [-0.15, -0.1) is 0 Å². The van der Waals surface area contributed by atoms with Crippen LogP contribution in [0.15, 0.2) is 30.3 Å². The minimum Gasteiger partial charge on any atom is -0.392 e. The second-order valence-electron chi connectivity index (χ2n) is 4.46. The molecule has 0 saturated heterocycles. The van der Waals surface area contributed by atoms with Gasteiger partial charge in [-0.25, -0.2) is 0 Å². The van der Waals surface area contributed by atoms with Gasteiger partial charge in [-0.2, -0.15) is 0 Å². The maximum absolute atomic E-state index is 8.68. The Labute approximate surface area is 87.1 Å². The predicted molar refractivity (Wildman–Crippen MR) is 65.5 cm³/mol. The van der Waals surface area contributed by atoms with Gasteiger partial charge in [0.1, 0.15) is 0 Å². The van der Waals surface area contributed by atoms with E-state index in [9.17, 15) is 0 Å². The van der Waals surface area contributed by atoms with Crippen LogP contribution in [0.1, 0.15) is 5.56 Å². The average molecular weight is 206 g/mol. The van der Waals surface area contributed by atoms with E-state index in [1.807, 2.05) is 6.08 Å². The lowest BCUT2D eigenvalue weighted by Crippen LogP contribution is -2.37. The molecule has 0 saturated carbocycles. The van der Waals surface area contributed by atoms with Crippen LogP contribution in [0.2, 0.25) is 19.6 Å². The Morgan fingerprint density at radius 1 is 1.29 bits per heavy atom. The first-order valence-electron chi connectivity index (χ1n) is 4.92. The summed E-state index contributed by atoms with van der Waals surface area (Å²) in [5.41, 5.74) is 1.18. The highest BCUT2D eigenvalue weighted by molar-refractivity contribution is 6.88. The molecule has 2 heteroatoms. The summed E-state index contributed by atoms with van der Waals surface area (Å²) in [6, 6.07) is 8.57. The molecule has 0 atom stereocenters. The Morgan fingerprint density at radius 2 is 2.00 bits per heavy atom. The third-order valence-corrected chi connectivity index (χ3v) is 4.21. The van der Waals surface area contributed by atoms with E-state index in [1.165, 1.54) is 10.8 Å². The van der Waals surface area contributed by atoms with Gasteiger partial charge in [0.05, 0.1) is 14.7 Å². The maximum Gasteiger partial charge on any atom is 0.0776 e. The smallest absolute Gasteiger partial charge is 0.0776 e. The Bertz CT molecular complexity index is 323. The molecule has 1 N–H and O–H groups in total. The second-order valence-corrected chi connectivity index (χ2v) is 9.54. The molecular weight excluding hydrogens is 188 g/mol. The van der Waals surface area contributed by atoms with E-state index in [1.54, 1.807) is 6.08 Å². The van der Waals surface area contributed by atoms with Crippen molar-refractivity contribution < 1.29 is 5.11 Å². The zero-order chi connectivity index (χ0) is 10.6. The molecule has 0 aliphatic heterocycles. The molecule has 0 aliphatic rings. The fraction of sp³-hybridized carbons (Fsp3) is 0.333. The normalized spacial score (nSPS) is 12.3. The lowest BCUT2D eigenvalue weighted by Gasteiger charge is -2.16. The van der Waals surface area contributed by atoms with Crippen molar-refractivity contribution in [3.63, 3.8) is 0 Å². The van der Waals surface area contributed by atoms with Gasteiger partial charge < -0.3 is 5.11 Å². The first kappa shape index (κ1) is 11.2. The molecule has 0 aromatic heterocycles. The van der Waals surface area contributed by atoms with Crippen molar-refractivity contribution in [2.24, 2.45) is 0 Å². The van der Waals surface area contributed by atoms with Gasteiger partial charge in [0.2, 0.25) is 0 Å². The number of benzene rings is 1. The minimum absolute atomic E-state index is 0.108. The molecule has 0 aliphatic carbocycles. The van der Waals surface area contributed by atoms with E-state index >= 15 is 0 Å². The third-order valence-electron chi connectivity index (χ3n) is 2.17. The standard InChI is InChI=1S/C12H18OSi/c1-14(2,3)12-8-4-6-11(10-12)7-5-9-13/h4-8,10,13H,9H2,1-3H3. The van der Waals surface area contributed by atoms with Gasteiger partial charge in [0, 0.05) is 0 Å². The molecule has 1 nitrogen and oxygen atoms in total. The first-order chi connectivity index (χ1) is 6.54. The highest BCUT2D eigenvalue weighted by Crippen LogP contribution is 2.06. The number of rotatable bonds is 3.